The van der Waals surface area contributed by atoms with E-state index >= 15 is 0 Å². The first-order chi connectivity index (χ1) is 69.2. The van der Waals surface area contributed by atoms with Crippen molar-refractivity contribution in [2.75, 3.05) is 192 Å². The summed E-state index contributed by atoms with van der Waals surface area (Å²) in [4.78, 5) is 93.2. The van der Waals surface area contributed by atoms with Crippen molar-refractivity contribution in [3.8, 4) is 11.5 Å². The van der Waals surface area contributed by atoms with Crippen molar-refractivity contribution in [1.82, 2.24) is 49.3 Å². The van der Waals surface area contributed by atoms with Gasteiger partial charge in [0.25, 0.3) is 17.7 Å². The van der Waals surface area contributed by atoms with Gasteiger partial charge < -0.3 is 97.1 Å². The third-order valence-electron chi connectivity index (χ3n) is 31.6. The van der Waals surface area contributed by atoms with Gasteiger partial charge in [-0.2, -0.15) is 0 Å². The number of H-pyrrole nitrogens is 3. The van der Waals surface area contributed by atoms with E-state index in [9.17, 15) is 28.4 Å². The maximum atomic E-state index is 13.7. The number of aromatic amines is 3. The van der Waals surface area contributed by atoms with Crippen LogP contribution in [0.4, 0.5) is 21.5 Å². The van der Waals surface area contributed by atoms with Gasteiger partial charge in [0, 0.05) is 193 Å². The summed E-state index contributed by atoms with van der Waals surface area (Å²) < 4.78 is 56.0. The lowest BCUT2D eigenvalue weighted by molar-refractivity contribution is -0.172. The van der Waals surface area contributed by atoms with Gasteiger partial charge in [-0.1, -0.05) is 184 Å². The summed E-state index contributed by atoms with van der Waals surface area (Å²) in [5.41, 5.74) is 11.8. The minimum atomic E-state index is -0.336. The van der Waals surface area contributed by atoms with Crippen molar-refractivity contribution in [1.29, 1.82) is 0 Å². The monoisotopic (exact) mass is 1920 g/mol. The number of fused-ring (bicyclic) bond motifs is 4. The minimum absolute atomic E-state index is 0.0589. The summed E-state index contributed by atoms with van der Waals surface area (Å²) in [5.74, 6) is 2.47. The van der Waals surface area contributed by atoms with Gasteiger partial charge in [-0.15, -0.1) is 0 Å². The van der Waals surface area contributed by atoms with Crippen LogP contribution in [-0.2, 0) is 73.5 Å². The Hall–Kier alpha value is -11.9. The molecule has 10 fully saturated rings. The number of aromatic nitrogens is 3. The van der Waals surface area contributed by atoms with Gasteiger partial charge in [0.15, 0.2) is 11.5 Å². The molecule has 9 aromatic carbocycles. The number of likely N-dealkylation sites (tertiary alicyclic amines) is 5. The number of hydrogen-bond acceptors (Lipinski definition) is 17. The Kier molecular flexibility index (Phi) is 31.6. The Morgan fingerprint density at radius 3 is 1.15 bits per heavy atom. The quantitative estimate of drug-likeness (QED) is 0.0644. The van der Waals surface area contributed by atoms with Crippen molar-refractivity contribution in [2.24, 2.45) is 5.92 Å². The molecule has 0 radical (unpaired) electrons. The normalized spacial score (nSPS) is 21.3. The fourth-order valence-electron chi connectivity index (χ4n) is 22.7. The molecule has 5 amide bonds. The number of halogens is 1. The summed E-state index contributed by atoms with van der Waals surface area (Å²) >= 11 is 0. The van der Waals surface area contributed by atoms with E-state index in [2.05, 4.69) is 187 Å². The van der Waals surface area contributed by atoms with E-state index < -0.39 is 0 Å². The second kappa shape index (κ2) is 45.4. The lowest BCUT2D eigenvalue weighted by Crippen LogP contribution is -2.59. The lowest BCUT2D eigenvalue weighted by Gasteiger charge is -2.47. The average molecular weight is 1930 g/mol. The number of carbonyl (C=O) groups excluding carboxylic acids is 5. The number of nitrogens with zero attached hydrogens (tertiary/aromatic N) is 10. The van der Waals surface area contributed by atoms with Crippen LogP contribution in [0.2, 0.25) is 0 Å². The van der Waals surface area contributed by atoms with E-state index in [0.717, 1.165) is 205 Å². The number of likely N-dealkylation sites (N-methyl/N-ethyl adjacent to an activating group) is 1. The Morgan fingerprint density at radius 2 is 0.711 bits per heavy atom. The number of amides is 5. The van der Waals surface area contributed by atoms with Crippen LogP contribution in [0.25, 0.3) is 32.7 Å². The van der Waals surface area contributed by atoms with Crippen LogP contribution < -0.4 is 24.2 Å². The van der Waals surface area contributed by atoms with Gasteiger partial charge in [0.1, 0.15) is 51.6 Å². The fourth-order valence-corrected chi connectivity index (χ4v) is 22.7. The molecule has 3 aromatic heterocycles. The molecule has 0 saturated carbocycles. The summed E-state index contributed by atoms with van der Waals surface area (Å²) in [6, 6.07) is 80.4. The van der Waals surface area contributed by atoms with Crippen LogP contribution in [0.5, 0.6) is 11.5 Å². The van der Waals surface area contributed by atoms with E-state index in [1.54, 1.807) is 17.0 Å². The number of benzene rings is 9. The first-order valence-corrected chi connectivity index (χ1v) is 51.5. The third kappa shape index (κ3) is 24.2. The van der Waals surface area contributed by atoms with Crippen molar-refractivity contribution >= 4 is 79.3 Å². The predicted octanol–water partition coefficient (Wildman–Crippen LogP) is 16.4. The molecular weight excluding hydrogens is 1790 g/mol. The van der Waals surface area contributed by atoms with Crippen LogP contribution in [0.3, 0.4) is 0 Å². The molecule has 5 spiro atoms. The number of nitrogens with one attached hydrogen (secondary N) is 3. The number of anilines is 3. The molecular formula is C116H138FN13O12. The molecule has 10 saturated heterocycles. The summed E-state index contributed by atoms with van der Waals surface area (Å²) in [5, 5.41) is 3.95. The van der Waals surface area contributed by atoms with Gasteiger partial charge in [-0.3, -0.25) is 24.0 Å². The van der Waals surface area contributed by atoms with E-state index in [1.807, 2.05) is 130 Å². The molecule has 11 aliphatic rings. The summed E-state index contributed by atoms with van der Waals surface area (Å²) in [6.45, 7) is 25.1. The van der Waals surface area contributed by atoms with E-state index in [4.69, 9.17) is 33.2 Å². The maximum Gasteiger partial charge on any atom is 0.253 e. The zero-order chi connectivity index (χ0) is 97.5. The molecule has 142 heavy (non-hydrogen) atoms. The van der Waals surface area contributed by atoms with Crippen LogP contribution in [0.1, 0.15) is 112 Å². The highest BCUT2D eigenvalue weighted by Crippen LogP contribution is 2.41. The Morgan fingerprint density at radius 1 is 0.359 bits per heavy atom. The highest BCUT2D eigenvalue weighted by Gasteiger charge is 2.49. The second-order valence-electron chi connectivity index (χ2n) is 41.1. The third-order valence-corrected chi connectivity index (χ3v) is 31.6. The SMILES string of the molecule is CC(CN1CCC2(CC1)CN(C)C(=O)CO2)[C@@H]1COc2ccccc2O1.CC(CN1CCC2(CC1)CN(c1ccccc1)C(=O)CO2)c1ccccc1.O=C1COC2(CCN(CCc3c[nH]c4ccccc34)CC2)CN1Cc1ccccc1.O=C1COC2(CCN(CCc3c[nH]c4ccccc34)CC2)CN1c1cccc(F)c1.O=C1COC2(CCN(CCc3c[nH]c4ccccc34)CC2)CN1c1ccccc1. The molecule has 11 aliphatic heterocycles. The number of para-hydroxylation sites is 7. The van der Waals surface area contributed by atoms with E-state index in [0.29, 0.717) is 63.4 Å². The smallest absolute Gasteiger partial charge is 0.253 e. The minimum Gasteiger partial charge on any atom is -0.486 e. The summed E-state index contributed by atoms with van der Waals surface area (Å²) in [6.07, 6.45) is 19.2. The van der Waals surface area contributed by atoms with Gasteiger partial charge in [-0.05, 0) is 190 Å². The average Bonchev–Trinajstić information content (AvgIpc) is 1.67. The van der Waals surface area contributed by atoms with Crippen LogP contribution in [-0.4, -0.2) is 290 Å². The Balaban J connectivity index is 0.000000113. The van der Waals surface area contributed by atoms with Crippen molar-refractivity contribution in [3.05, 3.63) is 295 Å². The zero-order valence-electron chi connectivity index (χ0n) is 82.6. The van der Waals surface area contributed by atoms with Crippen LogP contribution in [0.15, 0.2) is 261 Å². The molecule has 23 rings (SSSR count). The zero-order valence-corrected chi connectivity index (χ0v) is 82.6. The van der Waals surface area contributed by atoms with Crippen molar-refractivity contribution in [2.45, 2.75) is 144 Å². The van der Waals surface area contributed by atoms with Crippen LogP contribution in [0, 0.1) is 11.7 Å². The van der Waals surface area contributed by atoms with E-state index in [-0.39, 0.29) is 102 Å². The van der Waals surface area contributed by atoms with Gasteiger partial charge in [0.2, 0.25) is 11.8 Å². The highest BCUT2D eigenvalue weighted by molar-refractivity contribution is 5.97. The molecule has 12 aromatic rings. The lowest BCUT2D eigenvalue weighted by atomic mass is 9.88. The fraction of sp³-hybridized carbons (Fsp3) is 0.440. The molecule has 0 bridgehead atoms. The molecule has 25 nitrogen and oxygen atoms in total. The second-order valence-corrected chi connectivity index (χ2v) is 41.1. The van der Waals surface area contributed by atoms with Gasteiger partial charge in [0.05, 0.1) is 54.2 Å². The van der Waals surface area contributed by atoms with Crippen molar-refractivity contribution in [3.63, 3.8) is 0 Å². The standard InChI is InChI=1S/C25H29N3O2.C24H26FN3O2.C24H27N3O2.C23H28N2O2.C20H28N2O4/c29-24-18-30-25(19-28(24)17-20-6-2-1-3-7-20)11-14-27(15-12-25)13-10-21-16-26-23-9-5-4-8-22(21)23;25-19-4-3-5-20(14-19)28-17-24(30-16-23(28)29)9-12-27(13-10-24)11-8-18-15-26-22-7-2-1-6-21(18)22;28-23-17-29-24(18-27(23)20-6-2-1-3-7-20)11-14-26(15-12-24)13-10-19-16-25-22-9-5-4-8-21(19)22;1-19(20-8-4-2-5-9-20)16-24-14-12-23(13-15-24)18-25(22(26)17-27-23)21-10-6-3-7-11-21;1-15(18-12-24-16-5-3-4-6-17(16)26-18)11-22-9-7-20(8-10-22)14-21(2)19(23)13-25-20/h1-9,16,26H,10-15,17-19H2;1-7,14-15,26H,8-13,16-17H2;1-9,16,25H,10-15,17-18H2;2-11,19H,12-18H2,1H3;3-6,15,18H,7-14H2,1-2H3/t;;;;15?,18-/m....0/s1. The molecule has 0 aliphatic carbocycles. The molecule has 14 heterocycles. The van der Waals surface area contributed by atoms with Gasteiger partial charge in [-0.25, -0.2) is 4.39 Å². The van der Waals surface area contributed by atoms with E-state index in [1.165, 1.54) is 72.7 Å². The largest absolute Gasteiger partial charge is 0.486 e. The number of piperidine rings is 5. The van der Waals surface area contributed by atoms with Crippen molar-refractivity contribution < 1.29 is 61.5 Å². The molecule has 26 heteroatoms. The first-order valence-electron chi connectivity index (χ1n) is 51.5. The number of hydrogen-bond donors (Lipinski definition) is 3. The Labute approximate surface area is 833 Å². The van der Waals surface area contributed by atoms with Gasteiger partial charge >= 0.3 is 0 Å². The highest BCUT2D eigenvalue weighted by atomic mass is 19.1. The first kappa shape index (κ1) is 98.8. The molecule has 746 valence electrons. The molecule has 3 atom stereocenters. The topological polar surface area (TPSA) is 230 Å². The predicted molar refractivity (Wildman–Crippen MR) is 554 cm³/mol. The number of morpholine rings is 5. The molecule has 3 N–H and O–H groups in total. The Bertz CT molecular complexity index is 6180. The summed E-state index contributed by atoms with van der Waals surface area (Å²) in [7, 11) is 1.87. The number of rotatable bonds is 20. The number of ether oxygens (including phenoxy) is 7. The number of carbonyl (C=O) groups is 5. The van der Waals surface area contributed by atoms with Crippen LogP contribution >= 0.6 is 0 Å². The maximum absolute atomic E-state index is 13.7. The molecule has 2 unspecified atom stereocenters.